The van der Waals surface area contributed by atoms with Gasteiger partial charge in [0.15, 0.2) is 6.23 Å². The maximum absolute atomic E-state index is 13.8. The van der Waals surface area contributed by atoms with Crippen molar-refractivity contribution >= 4 is 15.6 Å². The second kappa shape index (κ2) is 10.3. The summed E-state index contributed by atoms with van der Waals surface area (Å²) in [7, 11) is -10.6. The monoisotopic (exact) mass is 526 g/mol. The number of halogens is 1. The number of phosphoric ester groups is 1. The van der Waals surface area contributed by atoms with Gasteiger partial charge >= 0.3 is 21.3 Å². The molecular weight excluding hydrogens is 505 g/mol. The zero-order valence-corrected chi connectivity index (χ0v) is 18.9. The van der Waals surface area contributed by atoms with E-state index in [2.05, 4.69) is 8.83 Å². The van der Waals surface area contributed by atoms with Crippen LogP contribution in [0.2, 0.25) is 0 Å². The average molecular weight is 526 g/mol. The number of aromatic nitrogens is 2. The zero-order chi connectivity index (χ0) is 25.3. The largest absolute Gasteiger partial charge is 0.481 e. The lowest BCUT2D eigenvalue weighted by atomic mass is 10.1. The summed E-state index contributed by atoms with van der Waals surface area (Å²) in [4.78, 5) is 51.6. The summed E-state index contributed by atoms with van der Waals surface area (Å²) in [5.74, 6) is -0.517. The summed E-state index contributed by atoms with van der Waals surface area (Å²) in [6, 6.07) is 6.78. The number of nitrogens with zero attached hydrogens (tertiary/aromatic N) is 2. The minimum absolute atomic E-state index is 0.00432. The summed E-state index contributed by atoms with van der Waals surface area (Å²) >= 11 is 0. The van der Waals surface area contributed by atoms with Crippen LogP contribution in [-0.4, -0.2) is 58.9 Å². The van der Waals surface area contributed by atoms with Crippen LogP contribution in [-0.2, 0) is 35.7 Å². The molecule has 0 radical (unpaired) electrons. The van der Waals surface area contributed by atoms with Crippen molar-refractivity contribution in [1.82, 2.24) is 9.13 Å². The smallest absolute Gasteiger partial charge is 0.387 e. The average Bonchev–Trinajstić information content (AvgIpc) is 3.00. The van der Waals surface area contributed by atoms with E-state index in [1.807, 2.05) is 0 Å². The van der Waals surface area contributed by atoms with Crippen molar-refractivity contribution in [3.05, 3.63) is 68.7 Å². The molecule has 3 rings (SSSR count). The Labute approximate surface area is 190 Å². The number of aryl methyl sites for hydroxylation is 1. The van der Waals surface area contributed by atoms with Gasteiger partial charge in [0.05, 0.1) is 6.61 Å². The van der Waals surface area contributed by atoms with Crippen molar-refractivity contribution in [3.8, 4) is 0 Å². The summed E-state index contributed by atoms with van der Waals surface area (Å²) in [6.07, 6.45) is -5.59. The first kappa shape index (κ1) is 26.6. The van der Waals surface area contributed by atoms with E-state index in [1.54, 1.807) is 6.07 Å². The van der Waals surface area contributed by atoms with Gasteiger partial charge in [0.2, 0.25) is 0 Å². The molecule has 5 atom stereocenters. The lowest BCUT2D eigenvalue weighted by Gasteiger charge is -2.19. The first-order valence-corrected chi connectivity index (χ1v) is 12.6. The second-order valence-corrected chi connectivity index (χ2v) is 10.0. The van der Waals surface area contributed by atoms with Gasteiger partial charge in [-0.2, -0.15) is 4.31 Å². The lowest BCUT2D eigenvalue weighted by Crippen LogP contribution is -2.43. The van der Waals surface area contributed by atoms with Crippen LogP contribution in [0.25, 0.3) is 0 Å². The number of benzene rings is 1. The molecule has 2 unspecified atom stereocenters. The Morgan fingerprint density at radius 1 is 1.06 bits per heavy atom. The topological polar surface area (TPSA) is 207 Å². The van der Waals surface area contributed by atoms with Crippen molar-refractivity contribution in [2.24, 2.45) is 0 Å². The Bertz CT molecular complexity index is 1240. The highest BCUT2D eigenvalue weighted by Gasteiger charge is 2.46. The number of ether oxygens (including phenoxy) is 1. The van der Waals surface area contributed by atoms with E-state index in [-0.39, 0.29) is 18.5 Å². The third-order valence-corrected chi connectivity index (χ3v) is 7.03. The van der Waals surface area contributed by atoms with Crippen LogP contribution < -0.4 is 11.2 Å². The van der Waals surface area contributed by atoms with Gasteiger partial charge in [0.1, 0.15) is 24.1 Å². The second-order valence-electron chi connectivity index (χ2n) is 7.22. The molecule has 0 spiro atoms. The van der Waals surface area contributed by atoms with Gasteiger partial charge in [-0.1, -0.05) is 18.2 Å². The van der Waals surface area contributed by atoms with Gasteiger partial charge in [0.25, 0.3) is 5.56 Å². The quantitative estimate of drug-likeness (QED) is 0.256. The van der Waals surface area contributed by atoms with Crippen LogP contribution in [0.1, 0.15) is 11.8 Å². The summed E-state index contributed by atoms with van der Waals surface area (Å²) in [6.45, 7) is -1.16. The van der Waals surface area contributed by atoms with Crippen LogP contribution in [0.4, 0.5) is 4.39 Å². The molecule has 1 aromatic carbocycles. The molecule has 5 N–H and O–H groups in total. The molecule has 0 aliphatic carbocycles. The fraction of sp³-hybridized carbons (Fsp3) is 0.412. The van der Waals surface area contributed by atoms with Gasteiger partial charge in [-0.25, -0.2) is 18.3 Å². The number of aliphatic hydroxyl groups excluding tert-OH is 2. The molecule has 0 saturated carbocycles. The highest BCUT2D eigenvalue weighted by molar-refractivity contribution is 7.60. The van der Waals surface area contributed by atoms with E-state index in [4.69, 9.17) is 14.5 Å². The minimum atomic E-state index is -5.38. The van der Waals surface area contributed by atoms with Gasteiger partial charge in [-0.15, -0.1) is 0 Å². The maximum Gasteiger partial charge on any atom is 0.481 e. The van der Waals surface area contributed by atoms with Gasteiger partial charge in [0, 0.05) is 18.8 Å². The summed E-state index contributed by atoms with van der Waals surface area (Å²) in [5.41, 5.74) is -1.39. The van der Waals surface area contributed by atoms with Crippen molar-refractivity contribution in [2.75, 3.05) is 6.61 Å². The highest BCUT2D eigenvalue weighted by Crippen LogP contribution is 2.57. The molecule has 14 nitrogen and oxygen atoms in total. The van der Waals surface area contributed by atoms with Gasteiger partial charge in [-0.3, -0.25) is 18.5 Å². The van der Waals surface area contributed by atoms with Crippen LogP contribution in [0.3, 0.4) is 0 Å². The Hall–Kier alpha value is -2.03. The predicted molar refractivity (Wildman–Crippen MR) is 110 cm³/mol. The van der Waals surface area contributed by atoms with E-state index in [1.165, 1.54) is 18.2 Å². The van der Waals surface area contributed by atoms with E-state index in [0.29, 0.717) is 0 Å². The van der Waals surface area contributed by atoms with E-state index < -0.39 is 63.9 Å². The normalized spacial score (nSPS) is 24.8. The molecule has 1 fully saturated rings. The maximum atomic E-state index is 13.8. The SMILES string of the molecule is O=c1ccn([C@@H]2O[C@H](COP(=O)(O)OP(=O)(O)O)C(O)[C@@H]2O)c(=O)n1CCc1ccccc1F. The molecule has 17 heteroatoms. The molecule has 188 valence electrons. The van der Waals surface area contributed by atoms with Gasteiger partial charge in [-0.05, 0) is 18.1 Å². The van der Waals surface area contributed by atoms with Crippen LogP contribution >= 0.6 is 15.6 Å². The fourth-order valence-electron chi connectivity index (χ4n) is 3.29. The van der Waals surface area contributed by atoms with Crippen molar-refractivity contribution < 1.29 is 52.0 Å². The summed E-state index contributed by atoms with van der Waals surface area (Å²) in [5, 5.41) is 20.5. The Balaban J connectivity index is 1.76. The minimum Gasteiger partial charge on any atom is -0.387 e. The van der Waals surface area contributed by atoms with Crippen molar-refractivity contribution in [2.45, 2.75) is 37.5 Å². The van der Waals surface area contributed by atoms with Crippen LogP contribution in [0.15, 0.2) is 46.1 Å². The molecule has 1 aromatic heterocycles. The molecule has 34 heavy (non-hydrogen) atoms. The standard InChI is InChI=1S/C17H21FN2O12P2/c18-11-4-2-1-3-10(11)5-7-19-13(21)6-8-20(17(19)24)16-15(23)14(22)12(31-16)9-30-34(28,29)32-33(25,26)27/h1-4,6,8,12,14-16,22-23H,5,7,9H2,(H,28,29)(H2,25,26,27)/t12-,14?,15+,16-/m1/s1. The molecule has 2 heterocycles. The van der Waals surface area contributed by atoms with Crippen molar-refractivity contribution in [1.29, 1.82) is 0 Å². The highest BCUT2D eigenvalue weighted by atomic mass is 31.3. The van der Waals surface area contributed by atoms with E-state index >= 15 is 0 Å². The number of rotatable bonds is 9. The molecular formula is C17H21FN2O12P2. The Kier molecular flexibility index (Phi) is 8.05. The fourth-order valence-corrected chi connectivity index (χ4v) is 4.89. The molecule has 0 amide bonds. The Morgan fingerprint density at radius 2 is 1.74 bits per heavy atom. The first-order chi connectivity index (χ1) is 15.8. The number of aliphatic hydroxyl groups is 2. The number of hydrogen-bond acceptors (Lipinski definition) is 9. The molecule has 1 saturated heterocycles. The first-order valence-electron chi connectivity index (χ1n) is 9.60. The molecule has 2 aromatic rings. The third-order valence-electron chi connectivity index (χ3n) is 4.88. The molecule has 1 aliphatic rings. The van der Waals surface area contributed by atoms with Crippen molar-refractivity contribution in [3.63, 3.8) is 0 Å². The predicted octanol–water partition coefficient (Wildman–Crippen LogP) is -0.763. The van der Waals surface area contributed by atoms with Crippen LogP contribution in [0.5, 0.6) is 0 Å². The van der Waals surface area contributed by atoms with Gasteiger partial charge < -0.3 is 29.6 Å². The van der Waals surface area contributed by atoms with E-state index in [0.717, 1.165) is 21.4 Å². The lowest BCUT2D eigenvalue weighted by molar-refractivity contribution is -0.0548. The van der Waals surface area contributed by atoms with Crippen LogP contribution in [0, 0.1) is 5.82 Å². The number of phosphoric acid groups is 2. The summed E-state index contributed by atoms with van der Waals surface area (Å²) < 4.78 is 51.0. The molecule has 1 aliphatic heterocycles. The Morgan fingerprint density at radius 3 is 2.38 bits per heavy atom. The number of hydrogen-bond donors (Lipinski definition) is 5. The molecule has 0 bridgehead atoms. The zero-order valence-electron chi connectivity index (χ0n) is 17.2. The third kappa shape index (κ3) is 6.34. The van der Waals surface area contributed by atoms with E-state index in [9.17, 15) is 38.2 Å².